The molecule has 6 heteroatoms. The third-order valence-corrected chi connectivity index (χ3v) is 5.06. The fourth-order valence-corrected chi connectivity index (χ4v) is 3.79. The number of amides is 2. The third kappa shape index (κ3) is 2.55. The first kappa shape index (κ1) is 14.8. The van der Waals surface area contributed by atoms with Crippen molar-refractivity contribution >= 4 is 28.2 Å². The summed E-state index contributed by atoms with van der Waals surface area (Å²) in [6, 6.07) is 9.81. The van der Waals surface area contributed by atoms with E-state index in [-0.39, 0.29) is 6.03 Å². The molecule has 0 fully saturated rings. The minimum Gasteiger partial charge on any atom is -0.315 e. The highest BCUT2D eigenvalue weighted by Crippen LogP contribution is 2.38. The summed E-state index contributed by atoms with van der Waals surface area (Å²) in [6.07, 6.45) is 5.24. The van der Waals surface area contributed by atoms with E-state index in [1.807, 2.05) is 47.5 Å². The van der Waals surface area contributed by atoms with Crippen molar-refractivity contribution in [3.8, 4) is 0 Å². The molecule has 1 aliphatic rings. The molecular weight excluding hydrogens is 320 g/mol. The van der Waals surface area contributed by atoms with Gasteiger partial charge in [0.2, 0.25) is 0 Å². The predicted molar refractivity (Wildman–Crippen MR) is 94.3 cm³/mol. The monoisotopic (exact) mass is 336 g/mol. The Bertz CT molecular complexity index is 877. The van der Waals surface area contributed by atoms with Gasteiger partial charge in [0, 0.05) is 30.7 Å². The second-order valence-electron chi connectivity index (χ2n) is 5.72. The van der Waals surface area contributed by atoms with Gasteiger partial charge in [-0.2, -0.15) is 0 Å². The number of hydrogen-bond donors (Lipinski definition) is 0. The Morgan fingerprint density at radius 2 is 2.00 bits per heavy atom. The maximum Gasteiger partial charge on any atom is 0.331 e. The number of carbonyl (C=O) groups excluding carboxylic acids is 1. The van der Waals surface area contributed by atoms with E-state index >= 15 is 0 Å². The van der Waals surface area contributed by atoms with Crippen molar-refractivity contribution in [1.29, 1.82) is 0 Å². The molecule has 0 bridgehead atoms. The number of nitrogens with zero attached hydrogens (tertiary/aromatic N) is 4. The minimum absolute atomic E-state index is 0.0384. The molecule has 0 aliphatic carbocycles. The number of fused-ring (bicyclic) bond motifs is 1. The molecule has 3 aromatic rings. The smallest absolute Gasteiger partial charge is 0.315 e. The van der Waals surface area contributed by atoms with E-state index < -0.39 is 0 Å². The number of hydrogen-bond acceptors (Lipinski definition) is 4. The van der Waals surface area contributed by atoms with E-state index in [2.05, 4.69) is 9.97 Å². The van der Waals surface area contributed by atoms with Gasteiger partial charge < -0.3 is 4.90 Å². The molecule has 24 heavy (non-hydrogen) atoms. The van der Waals surface area contributed by atoms with Crippen LogP contribution in [0.3, 0.4) is 0 Å². The van der Waals surface area contributed by atoms with Crippen LogP contribution in [-0.4, -0.2) is 20.9 Å². The highest BCUT2D eigenvalue weighted by atomic mass is 32.1. The molecule has 0 unspecified atom stereocenters. The number of anilines is 2. The van der Waals surface area contributed by atoms with Gasteiger partial charge in [0.15, 0.2) is 0 Å². The summed E-state index contributed by atoms with van der Waals surface area (Å²) >= 11 is 1.56. The number of aromatic nitrogens is 2. The summed E-state index contributed by atoms with van der Waals surface area (Å²) in [4.78, 5) is 25.2. The van der Waals surface area contributed by atoms with Crippen LogP contribution >= 0.6 is 11.3 Å². The number of thiophene rings is 1. The molecule has 5 nitrogen and oxygen atoms in total. The van der Waals surface area contributed by atoms with Crippen molar-refractivity contribution in [1.82, 2.24) is 14.9 Å². The quantitative estimate of drug-likeness (QED) is 0.723. The summed E-state index contributed by atoms with van der Waals surface area (Å²) in [5.74, 6) is 0.735. The van der Waals surface area contributed by atoms with E-state index in [4.69, 9.17) is 0 Å². The molecule has 0 spiro atoms. The molecule has 120 valence electrons. The van der Waals surface area contributed by atoms with Gasteiger partial charge in [0.25, 0.3) is 0 Å². The number of pyridine rings is 2. The number of urea groups is 1. The second-order valence-corrected chi connectivity index (χ2v) is 6.62. The number of carbonyl (C=O) groups is 1. The molecule has 0 atom stereocenters. The van der Waals surface area contributed by atoms with Gasteiger partial charge in [0.05, 0.1) is 6.54 Å². The van der Waals surface area contributed by atoms with E-state index in [9.17, 15) is 4.79 Å². The molecular formula is C18H16N4OS. The van der Waals surface area contributed by atoms with Gasteiger partial charge in [0.1, 0.15) is 10.8 Å². The van der Waals surface area contributed by atoms with E-state index in [0.717, 1.165) is 27.5 Å². The second kappa shape index (κ2) is 6.05. The summed E-state index contributed by atoms with van der Waals surface area (Å²) in [6.45, 7) is 3.13. The summed E-state index contributed by atoms with van der Waals surface area (Å²) in [7, 11) is 0. The molecule has 3 aromatic heterocycles. The Morgan fingerprint density at radius 3 is 2.75 bits per heavy atom. The lowest BCUT2D eigenvalue weighted by molar-refractivity contribution is 0.198. The fraction of sp³-hybridized carbons (Fsp3) is 0.167. The van der Waals surface area contributed by atoms with Crippen molar-refractivity contribution < 1.29 is 4.79 Å². The summed E-state index contributed by atoms with van der Waals surface area (Å²) in [5, 5.41) is 2.93. The molecule has 0 aromatic carbocycles. The largest absolute Gasteiger partial charge is 0.331 e. The average Bonchev–Trinajstić information content (AvgIpc) is 3.02. The van der Waals surface area contributed by atoms with Crippen LogP contribution in [-0.2, 0) is 13.1 Å². The lowest BCUT2D eigenvalue weighted by atomic mass is 10.1. The lowest BCUT2D eigenvalue weighted by Crippen LogP contribution is -2.44. The molecule has 4 heterocycles. The predicted octanol–water partition coefficient (Wildman–Crippen LogP) is 4.12. The first-order chi connectivity index (χ1) is 11.7. The highest BCUT2D eigenvalue weighted by molar-refractivity contribution is 7.14. The van der Waals surface area contributed by atoms with Crippen LogP contribution in [0.2, 0.25) is 0 Å². The van der Waals surface area contributed by atoms with Gasteiger partial charge in [-0.3, -0.25) is 4.98 Å². The van der Waals surface area contributed by atoms with Crippen molar-refractivity contribution in [2.24, 2.45) is 0 Å². The molecule has 0 radical (unpaired) electrons. The molecule has 1 aliphatic heterocycles. The fourth-order valence-electron chi connectivity index (χ4n) is 2.87. The first-order valence-corrected chi connectivity index (χ1v) is 8.58. The SMILES string of the molecule is Cc1ccsc1N1C(=O)N(Cc2ccncc2)Cc2cccnc21. The zero-order valence-electron chi connectivity index (χ0n) is 13.2. The van der Waals surface area contributed by atoms with Crippen LogP contribution in [0.25, 0.3) is 0 Å². The van der Waals surface area contributed by atoms with Crippen LogP contribution in [0.1, 0.15) is 16.7 Å². The Morgan fingerprint density at radius 1 is 1.17 bits per heavy atom. The first-order valence-electron chi connectivity index (χ1n) is 7.70. The van der Waals surface area contributed by atoms with E-state index in [0.29, 0.717) is 13.1 Å². The Balaban J connectivity index is 1.75. The van der Waals surface area contributed by atoms with Crippen molar-refractivity contribution in [2.75, 3.05) is 4.90 Å². The van der Waals surface area contributed by atoms with Gasteiger partial charge in [-0.05, 0) is 47.7 Å². The van der Waals surface area contributed by atoms with Gasteiger partial charge >= 0.3 is 6.03 Å². The number of rotatable bonds is 3. The number of aryl methyl sites for hydroxylation is 1. The van der Waals surface area contributed by atoms with Crippen LogP contribution < -0.4 is 4.90 Å². The standard InChI is InChI=1S/C18H16N4OS/c1-13-6-10-24-17(13)22-16-15(3-2-7-20-16)12-21(18(22)23)11-14-4-8-19-9-5-14/h2-10H,11-12H2,1H3. The third-order valence-electron chi connectivity index (χ3n) is 4.06. The molecule has 0 N–H and O–H groups in total. The van der Waals surface area contributed by atoms with Crippen molar-refractivity contribution in [2.45, 2.75) is 20.0 Å². The molecule has 4 rings (SSSR count). The molecule has 2 amide bonds. The zero-order chi connectivity index (χ0) is 16.5. The topological polar surface area (TPSA) is 49.3 Å². The highest BCUT2D eigenvalue weighted by Gasteiger charge is 2.33. The maximum atomic E-state index is 13.1. The van der Waals surface area contributed by atoms with Gasteiger partial charge in [-0.15, -0.1) is 11.3 Å². The van der Waals surface area contributed by atoms with Gasteiger partial charge in [-0.25, -0.2) is 14.7 Å². The van der Waals surface area contributed by atoms with Gasteiger partial charge in [-0.1, -0.05) is 6.07 Å². The zero-order valence-corrected chi connectivity index (χ0v) is 14.0. The van der Waals surface area contributed by atoms with E-state index in [1.165, 1.54) is 0 Å². The Kier molecular flexibility index (Phi) is 3.74. The van der Waals surface area contributed by atoms with Crippen molar-refractivity contribution in [3.63, 3.8) is 0 Å². The summed E-state index contributed by atoms with van der Waals surface area (Å²) < 4.78 is 0. The van der Waals surface area contributed by atoms with Crippen LogP contribution in [0, 0.1) is 6.92 Å². The van der Waals surface area contributed by atoms with Crippen LogP contribution in [0.4, 0.5) is 15.6 Å². The normalized spacial score (nSPS) is 14.0. The van der Waals surface area contributed by atoms with Crippen LogP contribution in [0.15, 0.2) is 54.3 Å². The minimum atomic E-state index is -0.0384. The van der Waals surface area contributed by atoms with Crippen molar-refractivity contribution in [3.05, 3.63) is 71.0 Å². The Labute approximate surface area is 144 Å². The summed E-state index contributed by atoms with van der Waals surface area (Å²) in [5.41, 5.74) is 3.20. The van der Waals surface area contributed by atoms with E-state index in [1.54, 1.807) is 34.8 Å². The molecule has 0 saturated carbocycles. The molecule has 0 saturated heterocycles. The van der Waals surface area contributed by atoms with Crippen LogP contribution in [0.5, 0.6) is 0 Å². The average molecular weight is 336 g/mol. The maximum absolute atomic E-state index is 13.1. The Hall–Kier alpha value is -2.73. The lowest BCUT2D eigenvalue weighted by Gasteiger charge is -2.35.